The van der Waals surface area contributed by atoms with E-state index in [1.807, 2.05) is 0 Å². The van der Waals surface area contributed by atoms with Gasteiger partial charge in [-0.15, -0.1) is 0 Å². The minimum atomic E-state index is -0.614. The van der Waals surface area contributed by atoms with E-state index in [-0.39, 0.29) is 6.84 Å². The second-order valence-electron chi connectivity index (χ2n) is 7.66. The normalized spacial score (nSPS) is 43.2. The summed E-state index contributed by atoms with van der Waals surface area (Å²) in [6, 6.07) is 0. The standard InChI is InChI=1S/C16H28O2.H2/c1-11-6-7-13-15(2,3)8-5-9-16(13,4)12(11)10-14(17)18;/h11-13H,5-10H2,1-4H3,(H,17,18);1H/t11-,12?,13?,16?;/m0./s1. The second-order valence-corrected chi connectivity index (χ2v) is 7.66. The Morgan fingerprint density at radius 2 is 1.94 bits per heavy atom. The monoisotopic (exact) mass is 254 g/mol. The maximum Gasteiger partial charge on any atom is 0.303 e. The van der Waals surface area contributed by atoms with E-state index >= 15 is 0 Å². The van der Waals surface area contributed by atoms with Crippen LogP contribution in [0.15, 0.2) is 0 Å². The van der Waals surface area contributed by atoms with E-state index in [0.29, 0.717) is 29.6 Å². The van der Waals surface area contributed by atoms with Gasteiger partial charge in [-0.25, -0.2) is 0 Å². The van der Waals surface area contributed by atoms with Crippen molar-refractivity contribution in [2.24, 2.45) is 28.6 Å². The zero-order chi connectivity index (χ0) is 13.6. The second kappa shape index (κ2) is 4.54. The molecular formula is C16H30O2. The third kappa shape index (κ3) is 2.19. The molecule has 2 aliphatic carbocycles. The maximum absolute atomic E-state index is 11.2. The molecule has 2 nitrogen and oxygen atoms in total. The predicted octanol–water partition coefficient (Wildman–Crippen LogP) is 4.59. The van der Waals surface area contributed by atoms with Gasteiger partial charge in [0, 0.05) is 7.85 Å². The molecule has 106 valence electrons. The van der Waals surface area contributed by atoms with Crippen molar-refractivity contribution in [2.45, 2.75) is 66.2 Å². The summed E-state index contributed by atoms with van der Waals surface area (Å²) < 4.78 is 0. The predicted molar refractivity (Wildman–Crippen MR) is 75.5 cm³/mol. The number of hydrogen-bond acceptors (Lipinski definition) is 1. The van der Waals surface area contributed by atoms with Crippen LogP contribution in [0.3, 0.4) is 0 Å². The van der Waals surface area contributed by atoms with Gasteiger partial charge in [0.15, 0.2) is 0 Å². The molecule has 3 unspecified atom stereocenters. The van der Waals surface area contributed by atoms with E-state index in [0.717, 1.165) is 0 Å². The highest BCUT2D eigenvalue weighted by Crippen LogP contribution is 2.61. The Labute approximate surface area is 113 Å². The molecule has 0 aliphatic heterocycles. The summed E-state index contributed by atoms with van der Waals surface area (Å²) in [6.45, 7) is 9.42. The molecule has 2 heteroatoms. The molecule has 0 bridgehead atoms. The Bertz CT molecular complexity index is 340. The van der Waals surface area contributed by atoms with Crippen LogP contribution in [-0.2, 0) is 4.79 Å². The van der Waals surface area contributed by atoms with Crippen molar-refractivity contribution in [1.82, 2.24) is 0 Å². The van der Waals surface area contributed by atoms with Crippen molar-refractivity contribution < 1.29 is 11.3 Å². The molecule has 2 fully saturated rings. The molecule has 2 saturated carbocycles. The fraction of sp³-hybridized carbons (Fsp3) is 0.938. The number of carboxylic acids is 1. The van der Waals surface area contributed by atoms with Crippen LogP contribution in [0.4, 0.5) is 0 Å². The van der Waals surface area contributed by atoms with Crippen LogP contribution in [0.25, 0.3) is 0 Å². The maximum atomic E-state index is 11.2. The summed E-state index contributed by atoms with van der Waals surface area (Å²) in [5.74, 6) is 1.03. The summed E-state index contributed by atoms with van der Waals surface area (Å²) in [4.78, 5) is 11.2. The minimum Gasteiger partial charge on any atom is -0.481 e. The summed E-state index contributed by atoms with van der Waals surface area (Å²) in [5, 5.41) is 9.22. The van der Waals surface area contributed by atoms with Crippen LogP contribution < -0.4 is 0 Å². The van der Waals surface area contributed by atoms with E-state index in [1.165, 1.54) is 32.1 Å². The van der Waals surface area contributed by atoms with Crippen LogP contribution in [0, 0.1) is 28.6 Å². The van der Waals surface area contributed by atoms with E-state index in [9.17, 15) is 9.90 Å². The lowest BCUT2D eigenvalue weighted by molar-refractivity contribution is -0.146. The van der Waals surface area contributed by atoms with Gasteiger partial charge in [-0.05, 0) is 47.8 Å². The van der Waals surface area contributed by atoms with Gasteiger partial charge >= 0.3 is 5.97 Å². The smallest absolute Gasteiger partial charge is 0.303 e. The highest BCUT2D eigenvalue weighted by molar-refractivity contribution is 5.67. The highest BCUT2D eigenvalue weighted by Gasteiger charge is 2.53. The molecule has 0 heterocycles. The Morgan fingerprint density at radius 3 is 2.56 bits per heavy atom. The lowest BCUT2D eigenvalue weighted by atomic mass is 9.46. The number of rotatable bonds is 2. The first-order chi connectivity index (χ1) is 8.27. The molecule has 0 aromatic carbocycles. The van der Waals surface area contributed by atoms with E-state index in [2.05, 4.69) is 27.7 Å². The lowest BCUT2D eigenvalue weighted by Gasteiger charge is -2.59. The Morgan fingerprint density at radius 1 is 1.28 bits per heavy atom. The van der Waals surface area contributed by atoms with Gasteiger partial charge in [0.25, 0.3) is 0 Å². The third-order valence-electron chi connectivity index (χ3n) is 6.12. The van der Waals surface area contributed by atoms with Gasteiger partial charge < -0.3 is 5.11 Å². The first-order valence-electron chi connectivity index (χ1n) is 7.49. The first-order valence-corrected chi connectivity index (χ1v) is 7.49. The van der Waals surface area contributed by atoms with Crippen molar-refractivity contribution in [3.8, 4) is 0 Å². The summed E-state index contributed by atoms with van der Waals surface area (Å²) in [7, 11) is 0. The largest absolute Gasteiger partial charge is 0.481 e. The first kappa shape index (κ1) is 13.9. The van der Waals surface area contributed by atoms with Crippen LogP contribution in [0.2, 0.25) is 0 Å². The van der Waals surface area contributed by atoms with Crippen molar-refractivity contribution in [3.63, 3.8) is 0 Å². The SMILES string of the molecule is C[C@H]1CCC2C(C)(C)CCCC2(C)C1CC(=O)O.[HH]. The minimum absolute atomic E-state index is 0. The number of carboxylic acid groups (broad SMARTS) is 1. The molecular weight excluding hydrogens is 224 g/mol. The van der Waals surface area contributed by atoms with Crippen LogP contribution in [-0.4, -0.2) is 11.1 Å². The van der Waals surface area contributed by atoms with Gasteiger partial charge in [0.1, 0.15) is 0 Å². The van der Waals surface area contributed by atoms with E-state index < -0.39 is 5.97 Å². The van der Waals surface area contributed by atoms with Gasteiger partial charge in [-0.1, -0.05) is 40.5 Å². The van der Waals surface area contributed by atoms with E-state index in [4.69, 9.17) is 0 Å². The number of fused-ring (bicyclic) bond motifs is 1. The van der Waals surface area contributed by atoms with E-state index in [1.54, 1.807) is 0 Å². The third-order valence-corrected chi connectivity index (χ3v) is 6.12. The molecule has 4 atom stereocenters. The molecule has 0 aromatic heterocycles. The number of aliphatic carboxylic acids is 1. The molecule has 18 heavy (non-hydrogen) atoms. The average molecular weight is 254 g/mol. The van der Waals surface area contributed by atoms with Crippen LogP contribution >= 0.6 is 0 Å². The average Bonchev–Trinajstić information content (AvgIpc) is 2.22. The van der Waals surface area contributed by atoms with Crippen LogP contribution in [0.5, 0.6) is 0 Å². The Balaban J connectivity index is 0.00000180. The highest BCUT2D eigenvalue weighted by atomic mass is 16.4. The Hall–Kier alpha value is -0.530. The fourth-order valence-corrected chi connectivity index (χ4v) is 5.23. The van der Waals surface area contributed by atoms with Gasteiger partial charge in [0.2, 0.25) is 0 Å². The van der Waals surface area contributed by atoms with Crippen LogP contribution in [0.1, 0.15) is 67.6 Å². The van der Waals surface area contributed by atoms with Gasteiger partial charge in [0.05, 0.1) is 0 Å². The summed E-state index contributed by atoms with van der Waals surface area (Å²) >= 11 is 0. The molecule has 2 aliphatic rings. The Kier molecular flexibility index (Phi) is 3.50. The molecule has 0 amide bonds. The quantitative estimate of drug-likeness (QED) is 0.782. The zero-order valence-electron chi connectivity index (χ0n) is 12.3. The molecule has 0 radical (unpaired) electrons. The summed E-state index contributed by atoms with van der Waals surface area (Å²) in [6.07, 6.45) is 6.67. The van der Waals surface area contributed by atoms with Crippen molar-refractivity contribution in [3.05, 3.63) is 0 Å². The fourth-order valence-electron chi connectivity index (χ4n) is 5.23. The lowest BCUT2D eigenvalue weighted by Crippen LogP contribution is -2.51. The zero-order valence-corrected chi connectivity index (χ0v) is 12.3. The molecule has 0 spiro atoms. The summed E-state index contributed by atoms with van der Waals surface area (Å²) in [5.41, 5.74) is 0.641. The van der Waals surface area contributed by atoms with Crippen molar-refractivity contribution in [1.29, 1.82) is 0 Å². The van der Waals surface area contributed by atoms with Gasteiger partial charge in [-0.2, -0.15) is 0 Å². The topological polar surface area (TPSA) is 37.3 Å². The molecule has 0 aromatic rings. The van der Waals surface area contributed by atoms with Crippen molar-refractivity contribution in [2.75, 3.05) is 0 Å². The number of carbonyl (C=O) groups is 1. The number of hydrogen-bond donors (Lipinski definition) is 1. The molecule has 0 saturated heterocycles. The van der Waals surface area contributed by atoms with Crippen molar-refractivity contribution >= 4 is 5.97 Å². The molecule has 1 N–H and O–H groups in total. The molecule has 2 rings (SSSR count). The van der Waals surface area contributed by atoms with Gasteiger partial charge in [-0.3, -0.25) is 4.79 Å².